The highest BCUT2D eigenvalue weighted by molar-refractivity contribution is 4.80. The van der Waals surface area contributed by atoms with Gasteiger partial charge in [0.15, 0.2) is 0 Å². The molecule has 1 aromatic heterocycles. The van der Waals surface area contributed by atoms with Gasteiger partial charge in [-0.3, -0.25) is 0 Å². The van der Waals surface area contributed by atoms with Crippen molar-refractivity contribution < 1.29 is 0 Å². The molecule has 20 heavy (non-hydrogen) atoms. The van der Waals surface area contributed by atoms with Crippen molar-refractivity contribution in [2.24, 2.45) is 11.8 Å². The third-order valence-electron chi connectivity index (χ3n) is 2.93. The largest absolute Gasteiger partial charge is 0.336 e. The highest BCUT2D eigenvalue weighted by atomic mass is 16.2. The van der Waals surface area contributed by atoms with Crippen LogP contribution in [0, 0.1) is 11.8 Å². The normalized spacial score (nSPS) is 11.6. The molecule has 1 heterocycles. The van der Waals surface area contributed by atoms with Crippen LogP contribution in [0.4, 0.5) is 0 Å². The molecule has 0 unspecified atom stereocenters. The third kappa shape index (κ3) is 3.49. The maximum absolute atomic E-state index is 12.4. The Balaban J connectivity index is 3.60. The highest BCUT2D eigenvalue weighted by Crippen LogP contribution is 1.95. The van der Waals surface area contributed by atoms with E-state index in [4.69, 9.17) is 0 Å². The van der Waals surface area contributed by atoms with E-state index in [2.05, 4.69) is 0 Å². The van der Waals surface area contributed by atoms with Crippen molar-refractivity contribution in [1.29, 1.82) is 0 Å². The molecule has 0 saturated carbocycles. The zero-order valence-corrected chi connectivity index (χ0v) is 13.0. The summed E-state index contributed by atoms with van der Waals surface area (Å²) in [6.45, 7) is 10.7. The van der Waals surface area contributed by atoms with Gasteiger partial charge in [0.05, 0.1) is 0 Å². The van der Waals surface area contributed by atoms with Crippen molar-refractivity contribution in [2.75, 3.05) is 0 Å². The average Bonchev–Trinajstić information content (AvgIpc) is 2.35. The molecule has 0 saturated heterocycles. The standard InChI is InChI=1S/C14H25N3O3/c1-6-7-15-12(18)16(8-10(2)3)14(20)17(13(15)19)9-11(4)5/h10-11H,6-9H2,1-5H3. The summed E-state index contributed by atoms with van der Waals surface area (Å²) in [6.07, 6.45) is 0.677. The zero-order chi connectivity index (χ0) is 15.4. The Morgan fingerprint density at radius 2 is 1.10 bits per heavy atom. The Labute approximate surface area is 118 Å². The molecule has 6 nitrogen and oxygen atoms in total. The second-order valence-corrected chi connectivity index (χ2v) is 6.01. The van der Waals surface area contributed by atoms with E-state index in [0.29, 0.717) is 26.1 Å². The van der Waals surface area contributed by atoms with Gasteiger partial charge in [-0.1, -0.05) is 34.6 Å². The van der Waals surface area contributed by atoms with Crippen LogP contribution in [0.5, 0.6) is 0 Å². The average molecular weight is 283 g/mol. The molecule has 0 spiro atoms. The summed E-state index contributed by atoms with van der Waals surface area (Å²) < 4.78 is 3.54. The topological polar surface area (TPSA) is 66.0 Å². The summed E-state index contributed by atoms with van der Waals surface area (Å²) in [7, 11) is 0. The maximum atomic E-state index is 12.4. The minimum absolute atomic E-state index is 0.167. The molecule has 0 atom stereocenters. The quantitative estimate of drug-likeness (QED) is 0.779. The van der Waals surface area contributed by atoms with Crippen LogP contribution in [0.25, 0.3) is 0 Å². The molecule has 0 aliphatic heterocycles. The molecule has 1 aromatic rings. The van der Waals surface area contributed by atoms with Gasteiger partial charge in [-0.2, -0.15) is 0 Å². The molecule has 114 valence electrons. The molecular formula is C14H25N3O3. The number of aromatic nitrogens is 3. The summed E-state index contributed by atoms with van der Waals surface area (Å²) in [6, 6.07) is 0. The first kappa shape index (κ1) is 16.5. The molecule has 0 aliphatic rings. The lowest BCUT2D eigenvalue weighted by Crippen LogP contribution is -2.55. The van der Waals surface area contributed by atoms with Crippen molar-refractivity contribution >= 4 is 0 Å². The van der Waals surface area contributed by atoms with E-state index in [1.807, 2.05) is 34.6 Å². The number of rotatable bonds is 6. The molecule has 0 radical (unpaired) electrons. The molecule has 6 heteroatoms. The van der Waals surface area contributed by atoms with E-state index in [9.17, 15) is 14.4 Å². The van der Waals surface area contributed by atoms with E-state index in [-0.39, 0.29) is 11.8 Å². The summed E-state index contributed by atoms with van der Waals surface area (Å²) in [4.78, 5) is 36.9. The minimum atomic E-state index is -0.491. The third-order valence-corrected chi connectivity index (χ3v) is 2.93. The SMILES string of the molecule is CCCn1c(=O)n(CC(C)C)c(=O)n(CC(C)C)c1=O. The highest BCUT2D eigenvalue weighted by Gasteiger charge is 2.16. The smallest absolute Gasteiger partial charge is 0.247 e. The first-order chi connectivity index (χ1) is 9.29. The first-order valence-electron chi connectivity index (χ1n) is 7.24. The van der Waals surface area contributed by atoms with E-state index >= 15 is 0 Å². The van der Waals surface area contributed by atoms with Crippen LogP contribution in [0.1, 0.15) is 41.0 Å². The Bertz CT molecular complexity index is 572. The van der Waals surface area contributed by atoms with Gasteiger partial charge in [0.1, 0.15) is 0 Å². The first-order valence-corrected chi connectivity index (χ1v) is 7.24. The molecule has 0 bridgehead atoms. The van der Waals surface area contributed by atoms with Crippen LogP contribution in [0.2, 0.25) is 0 Å². The van der Waals surface area contributed by atoms with Gasteiger partial charge >= 0.3 is 17.1 Å². The number of hydrogen-bond donors (Lipinski definition) is 0. The number of hydrogen-bond acceptors (Lipinski definition) is 3. The predicted octanol–water partition coefficient (Wildman–Crippen LogP) is 0.894. The van der Waals surface area contributed by atoms with Crippen LogP contribution in [-0.4, -0.2) is 13.7 Å². The summed E-state index contributed by atoms with van der Waals surface area (Å²) in [5.74, 6) is 0.334. The Morgan fingerprint density at radius 3 is 1.40 bits per heavy atom. The molecule has 0 amide bonds. The fourth-order valence-electron chi connectivity index (χ4n) is 2.14. The number of nitrogens with zero attached hydrogens (tertiary/aromatic N) is 3. The van der Waals surface area contributed by atoms with Crippen LogP contribution >= 0.6 is 0 Å². The fraction of sp³-hybridized carbons (Fsp3) is 0.786. The Hall–Kier alpha value is -1.59. The molecule has 0 N–H and O–H groups in total. The van der Waals surface area contributed by atoms with E-state index < -0.39 is 17.1 Å². The Kier molecular flexibility index (Phi) is 5.53. The van der Waals surface area contributed by atoms with Gasteiger partial charge < -0.3 is 0 Å². The summed E-state index contributed by atoms with van der Waals surface area (Å²) in [5.41, 5.74) is -1.47. The van der Waals surface area contributed by atoms with Gasteiger partial charge in [-0.15, -0.1) is 0 Å². The van der Waals surface area contributed by atoms with E-state index in [1.165, 1.54) is 13.7 Å². The van der Waals surface area contributed by atoms with E-state index in [1.54, 1.807) is 0 Å². The lowest BCUT2D eigenvalue weighted by atomic mass is 10.2. The van der Waals surface area contributed by atoms with Gasteiger partial charge in [-0.25, -0.2) is 28.1 Å². The van der Waals surface area contributed by atoms with E-state index in [0.717, 1.165) is 0 Å². The molecule has 1 rings (SSSR count). The molecule has 0 fully saturated rings. The van der Waals surface area contributed by atoms with Crippen molar-refractivity contribution in [3.05, 3.63) is 31.5 Å². The van der Waals surface area contributed by atoms with Gasteiger partial charge in [0, 0.05) is 19.6 Å². The minimum Gasteiger partial charge on any atom is -0.247 e. The summed E-state index contributed by atoms with van der Waals surface area (Å²) in [5, 5.41) is 0. The van der Waals surface area contributed by atoms with Gasteiger partial charge in [-0.05, 0) is 18.3 Å². The molecule has 0 aromatic carbocycles. The monoisotopic (exact) mass is 283 g/mol. The lowest BCUT2D eigenvalue weighted by Gasteiger charge is -2.15. The summed E-state index contributed by atoms with van der Waals surface area (Å²) >= 11 is 0. The maximum Gasteiger partial charge on any atom is 0.336 e. The van der Waals surface area contributed by atoms with Crippen LogP contribution in [0.3, 0.4) is 0 Å². The van der Waals surface area contributed by atoms with Gasteiger partial charge in [0.2, 0.25) is 0 Å². The molecular weight excluding hydrogens is 258 g/mol. The molecule has 0 aliphatic carbocycles. The van der Waals surface area contributed by atoms with Crippen molar-refractivity contribution in [3.8, 4) is 0 Å². The lowest BCUT2D eigenvalue weighted by molar-refractivity contribution is 0.383. The van der Waals surface area contributed by atoms with Crippen LogP contribution < -0.4 is 17.1 Å². The van der Waals surface area contributed by atoms with Crippen LogP contribution in [-0.2, 0) is 19.6 Å². The van der Waals surface area contributed by atoms with Crippen molar-refractivity contribution in [2.45, 2.75) is 60.7 Å². The fourth-order valence-corrected chi connectivity index (χ4v) is 2.14. The van der Waals surface area contributed by atoms with Crippen molar-refractivity contribution in [3.63, 3.8) is 0 Å². The zero-order valence-electron chi connectivity index (χ0n) is 13.0. The Morgan fingerprint density at radius 1 is 0.750 bits per heavy atom. The van der Waals surface area contributed by atoms with Crippen molar-refractivity contribution in [1.82, 2.24) is 13.7 Å². The second kappa shape index (κ2) is 6.72. The predicted molar refractivity (Wildman–Crippen MR) is 79.2 cm³/mol. The van der Waals surface area contributed by atoms with Gasteiger partial charge in [0.25, 0.3) is 0 Å². The van der Waals surface area contributed by atoms with Crippen LogP contribution in [0.15, 0.2) is 14.4 Å². The second-order valence-electron chi connectivity index (χ2n) is 6.01.